The second-order valence-electron chi connectivity index (χ2n) is 8.01. The van der Waals surface area contributed by atoms with Crippen LogP contribution in [0, 0.1) is 0 Å². The number of para-hydroxylation sites is 1. The van der Waals surface area contributed by atoms with E-state index in [9.17, 15) is 23.1 Å². The molecule has 8 nitrogen and oxygen atoms in total. The maximum absolute atomic E-state index is 13.0. The molecule has 0 radical (unpaired) electrons. The monoisotopic (exact) mass is 511 g/mol. The minimum Gasteiger partial charge on any atom is -0.391 e. The zero-order valence-electron chi connectivity index (χ0n) is 18.8. The molecule has 1 saturated heterocycles. The van der Waals surface area contributed by atoms with Crippen LogP contribution in [0.4, 0.5) is 5.69 Å². The van der Waals surface area contributed by atoms with Crippen molar-refractivity contribution in [3.63, 3.8) is 0 Å². The maximum atomic E-state index is 13.0. The lowest BCUT2D eigenvalue weighted by Gasteiger charge is -2.16. The van der Waals surface area contributed by atoms with Crippen LogP contribution in [-0.4, -0.2) is 56.0 Å². The number of carbonyl (C=O) groups is 2. The van der Waals surface area contributed by atoms with Gasteiger partial charge in [0.15, 0.2) is 0 Å². The number of nitrogens with zero attached hydrogens (tertiary/aromatic N) is 1. The summed E-state index contributed by atoms with van der Waals surface area (Å²) in [5, 5.41) is 12.1. The third kappa shape index (κ3) is 6.41. The highest BCUT2D eigenvalue weighted by Gasteiger charge is 2.24. The lowest BCUT2D eigenvalue weighted by molar-refractivity contribution is -0.129. The first kappa shape index (κ1) is 24.8. The van der Waals surface area contributed by atoms with E-state index in [1.807, 2.05) is 42.5 Å². The van der Waals surface area contributed by atoms with Crippen molar-refractivity contribution < 1.29 is 23.1 Å². The molecule has 3 N–H and O–H groups in total. The Morgan fingerprint density at radius 3 is 2.34 bits per heavy atom. The summed E-state index contributed by atoms with van der Waals surface area (Å²) in [4.78, 5) is 27.8. The second kappa shape index (κ2) is 10.9. The fourth-order valence-corrected chi connectivity index (χ4v) is 5.65. The predicted octanol–water partition coefficient (Wildman–Crippen LogP) is 2.96. The summed E-state index contributed by atoms with van der Waals surface area (Å²) in [5.74, 6) is -0.759. The molecular formula is C25H25N3O5S2. The van der Waals surface area contributed by atoms with Crippen LogP contribution in [0.15, 0.2) is 93.5 Å². The average Bonchev–Trinajstić information content (AvgIpc) is 3.30. The number of carbonyl (C=O) groups excluding carboxylic acids is 2. The van der Waals surface area contributed by atoms with Gasteiger partial charge in [-0.05, 0) is 55.0 Å². The Kier molecular flexibility index (Phi) is 7.74. The molecule has 0 aromatic heterocycles. The normalized spacial score (nSPS) is 15.6. The van der Waals surface area contributed by atoms with Crippen molar-refractivity contribution in [3.05, 3.63) is 84.4 Å². The number of anilines is 1. The third-order valence-corrected chi connectivity index (χ3v) is 7.91. The van der Waals surface area contributed by atoms with Crippen molar-refractivity contribution in [3.8, 4) is 0 Å². The first-order valence-electron chi connectivity index (χ1n) is 11.0. The summed E-state index contributed by atoms with van der Waals surface area (Å²) in [6, 6.07) is 22.3. The van der Waals surface area contributed by atoms with Crippen molar-refractivity contribution in [1.29, 1.82) is 0 Å². The Bertz CT molecular complexity index is 1300. The second-order valence-corrected chi connectivity index (χ2v) is 10.8. The van der Waals surface area contributed by atoms with Gasteiger partial charge < -0.3 is 15.3 Å². The molecule has 1 unspecified atom stereocenters. The molecule has 0 aliphatic carbocycles. The molecule has 3 aromatic rings. The van der Waals surface area contributed by atoms with Gasteiger partial charge in [-0.3, -0.25) is 14.3 Å². The van der Waals surface area contributed by atoms with E-state index in [-0.39, 0.29) is 29.5 Å². The molecule has 35 heavy (non-hydrogen) atoms. The number of likely N-dealkylation sites (tertiary alicyclic amines) is 1. The Morgan fingerprint density at radius 1 is 0.971 bits per heavy atom. The van der Waals surface area contributed by atoms with E-state index in [0.29, 0.717) is 18.7 Å². The number of nitrogens with one attached hydrogen (secondary N) is 2. The first-order valence-corrected chi connectivity index (χ1v) is 13.3. The van der Waals surface area contributed by atoms with E-state index in [4.69, 9.17) is 0 Å². The lowest BCUT2D eigenvalue weighted by atomic mass is 10.2. The maximum Gasteiger partial charge on any atom is 0.261 e. The number of rotatable bonds is 8. The Hall–Kier alpha value is -3.34. The molecule has 182 valence electrons. The molecule has 1 fully saturated rings. The van der Waals surface area contributed by atoms with E-state index in [1.54, 1.807) is 12.1 Å². The van der Waals surface area contributed by atoms with Gasteiger partial charge in [0, 0.05) is 28.4 Å². The molecular weight excluding hydrogens is 486 g/mol. The zero-order valence-corrected chi connectivity index (χ0v) is 20.4. The van der Waals surface area contributed by atoms with Gasteiger partial charge in [-0.25, -0.2) is 8.42 Å². The molecule has 0 saturated carbocycles. The van der Waals surface area contributed by atoms with Crippen molar-refractivity contribution in [2.45, 2.75) is 27.2 Å². The summed E-state index contributed by atoms with van der Waals surface area (Å²) in [6.45, 7) is 0.534. The van der Waals surface area contributed by atoms with Crippen LogP contribution < -0.4 is 10.0 Å². The summed E-state index contributed by atoms with van der Waals surface area (Å²) in [5.41, 5.74) is 0.687. The summed E-state index contributed by atoms with van der Waals surface area (Å²) in [7, 11) is -3.89. The van der Waals surface area contributed by atoms with Crippen molar-refractivity contribution in [2.75, 3.05) is 24.4 Å². The number of sulfonamides is 1. The van der Waals surface area contributed by atoms with Gasteiger partial charge in [-0.2, -0.15) is 0 Å². The van der Waals surface area contributed by atoms with Crippen molar-refractivity contribution >= 4 is 39.3 Å². The molecule has 2 amide bonds. The molecule has 1 atom stereocenters. The molecule has 4 rings (SSSR count). The van der Waals surface area contributed by atoms with E-state index < -0.39 is 22.0 Å². The first-order chi connectivity index (χ1) is 16.8. The number of aliphatic hydroxyl groups excluding tert-OH is 1. The van der Waals surface area contributed by atoms with E-state index in [1.165, 1.54) is 40.9 Å². The predicted molar refractivity (Wildman–Crippen MR) is 134 cm³/mol. The molecule has 0 spiro atoms. The SMILES string of the molecule is O=C(NCC(=O)N1CCC(O)C1)c1ccc(S(=O)(=O)Nc2ccccc2Sc2ccccc2)cc1. The van der Waals surface area contributed by atoms with Gasteiger partial charge in [0.2, 0.25) is 5.91 Å². The van der Waals surface area contributed by atoms with Crippen LogP contribution in [-0.2, 0) is 14.8 Å². The number of hydrogen-bond acceptors (Lipinski definition) is 6. The highest BCUT2D eigenvalue weighted by atomic mass is 32.2. The highest BCUT2D eigenvalue weighted by molar-refractivity contribution is 7.99. The largest absolute Gasteiger partial charge is 0.391 e. The Labute approximate surface area is 208 Å². The van der Waals surface area contributed by atoms with E-state index in [2.05, 4.69) is 10.0 Å². The minimum absolute atomic E-state index is 0.00990. The number of aliphatic hydroxyl groups is 1. The standard InChI is InChI=1S/C25H25N3O5S2/c29-19-14-15-28(17-19)24(30)16-26-25(31)18-10-12-21(13-11-18)35(32,33)27-22-8-4-5-9-23(22)34-20-6-2-1-3-7-20/h1-13,19,27,29H,14-17H2,(H,26,31). The smallest absolute Gasteiger partial charge is 0.261 e. The van der Waals surface area contributed by atoms with Crippen LogP contribution in [0.25, 0.3) is 0 Å². The average molecular weight is 512 g/mol. The topological polar surface area (TPSA) is 116 Å². The van der Waals surface area contributed by atoms with Gasteiger partial charge in [0.25, 0.3) is 15.9 Å². The Morgan fingerprint density at radius 2 is 1.66 bits per heavy atom. The van der Waals surface area contributed by atoms with Gasteiger partial charge in [-0.1, -0.05) is 42.1 Å². The number of β-amino-alcohol motifs (C(OH)–C–C–N with tert-alkyl or cyclic N) is 1. The van der Waals surface area contributed by atoms with Gasteiger partial charge in [0.05, 0.1) is 23.2 Å². The van der Waals surface area contributed by atoms with E-state index >= 15 is 0 Å². The minimum atomic E-state index is -3.89. The van der Waals surface area contributed by atoms with Gasteiger partial charge in [0.1, 0.15) is 0 Å². The van der Waals surface area contributed by atoms with Crippen LogP contribution >= 0.6 is 11.8 Å². The fraction of sp³-hybridized carbons (Fsp3) is 0.200. The molecule has 0 bridgehead atoms. The van der Waals surface area contributed by atoms with Crippen LogP contribution in [0.1, 0.15) is 16.8 Å². The molecule has 10 heteroatoms. The number of benzene rings is 3. The van der Waals surface area contributed by atoms with Gasteiger partial charge in [-0.15, -0.1) is 0 Å². The molecule has 1 aliphatic heterocycles. The van der Waals surface area contributed by atoms with Crippen LogP contribution in [0.3, 0.4) is 0 Å². The Balaban J connectivity index is 1.40. The summed E-state index contributed by atoms with van der Waals surface area (Å²) < 4.78 is 28.6. The molecule has 3 aromatic carbocycles. The van der Waals surface area contributed by atoms with Crippen LogP contribution in [0.5, 0.6) is 0 Å². The summed E-state index contributed by atoms with van der Waals surface area (Å²) in [6.07, 6.45) is 0.000612. The fourth-order valence-electron chi connectivity index (χ4n) is 3.58. The van der Waals surface area contributed by atoms with Crippen molar-refractivity contribution in [1.82, 2.24) is 10.2 Å². The lowest BCUT2D eigenvalue weighted by Crippen LogP contribution is -2.39. The summed E-state index contributed by atoms with van der Waals surface area (Å²) >= 11 is 1.45. The number of amides is 2. The highest BCUT2D eigenvalue weighted by Crippen LogP contribution is 2.34. The van der Waals surface area contributed by atoms with Crippen molar-refractivity contribution in [2.24, 2.45) is 0 Å². The van der Waals surface area contributed by atoms with Gasteiger partial charge >= 0.3 is 0 Å². The number of hydrogen-bond donors (Lipinski definition) is 3. The molecule has 1 aliphatic rings. The third-order valence-electron chi connectivity index (χ3n) is 5.45. The van der Waals surface area contributed by atoms with Crippen LogP contribution in [0.2, 0.25) is 0 Å². The molecule has 1 heterocycles. The van der Waals surface area contributed by atoms with E-state index in [0.717, 1.165) is 9.79 Å². The zero-order chi connectivity index (χ0) is 24.8. The quantitative estimate of drug-likeness (QED) is 0.428.